The molecule has 0 radical (unpaired) electrons. The average molecular weight is 485 g/mol. The Kier molecular flexibility index (Phi) is 6.50. The number of thiophene rings is 1. The Labute approximate surface area is 196 Å². The van der Waals surface area contributed by atoms with Gasteiger partial charge in [0, 0.05) is 21.2 Å². The molecule has 3 N–H and O–H groups in total. The van der Waals surface area contributed by atoms with E-state index in [9.17, 15) is 8.42 Å². The van der Waals surface area contributed by atoms with Crippen LogP contribution in [0.15, 0.2) is 53.4 Å². The zero-order chi connectivity index (χ0) is 23.6. The fourth-order valence-electron chi connectivity index (χ4n) is 3.44. The molecule has 4 aromatic rings. The summed E-state index contributed by atoms with van der Waals surface area (Å²) < 4.78 is 34.5. The second-order valence-corrected chi connectivity index (χ2v) is 9.99. The van der Waals surface area contributed by atoms with Gasteiger partial charge in [0.25, 0.3) is 0 Å². The Morgan fingerprint density at radius 3 is 2.64 bits per heavy atom. The first-order valence-electron chi connectivity index (χ1n) is 10.2. The molecule has 0 aliphatic carbocycles. The number of ether oxygens (including phenoxy) is 2. The number of nitrogens with two attached hydrogens (primary N) is 1. The highest BCUT2D eigenvalue weighted by molar-refractivity contribution is 7.89. The third-order valence-corrected chi connectivity index (χ3v) is 6.98. The lowest BCUT2D eigenvalue weighted by atomic mass is 10.2. The second-order valence-electron chi connectivity index (χ2n) is 7.27. The highest BCUT2D eigenvalue weighted by atomic mass is 32.2. The van der Waals surface area contributed by atoms with Crippen molar-refractivity contribution in [3.63, 3.8) is 0 Å². The Morgan fingerprint density at radius 1 is 1.09 bits per heavy atom. The molecule has 0 unspecified atom stereocenters. The van der Waals surface area contributed by atoms with E-state index in [-0.39, 0.29) is 4.90 Å². The number of nitrogens with zero attached hydrogens (tertiary/aromatic N) is 2. The molecule has 0 spiro atoms. The SMILES string of the molecule is CCOc1cc2nc(C)nc(NCc3ccc(-c4cccc(S(N)(=O)=O)c4)s3)c2cc1OC. The molecule has 0 saturated carbocycles. The normalized spacial score (nSPS) is 11.5. The fourth-order valence-corrected chi connectivity index (χ4v) is 4.94. The number of aromatic nitrogens is 2. The molecule has 4 rings (SSSR count). The van der Waals surface area contributed by atoms with E-state index in [4.69, 9.17) is 14.6 Å². The lowest BCUT2D eigenvalue weighted by Crippen LogP contribution is -2.11. The van der Waals surface area contributed by atoms with Gasteiger partial charge in [-0.3, -0.25) is 0 Å². The minimum Gasteiger partial charge on any atom is -0.493 e. The number of rotatable bonds is 8. The predicted octanol–water partition coefficient (Wildman–Crippen LogP) is 4.33. The molecule has 0 fully saturated rings. The molecule has 2 aromatic carbocycles. The Balaban J connectivity index is 1.60. The summed E-state index contributed by atoms with van der Waals surface area (Å²) in [7, 11) is -2.15. The molecule has 0 aliphatic rings. The molecular weight excluding hydrogens is 460 g/mol. The highest BCUT2D eigenvalue weighted by Gasteiger charge is 2.14. The van der Waals surface area contributed by atoms with Gasteiger partial charge >= 0.3 is 0 Å². The summed E-state index contributed by atoms with van der Waals surface area (Å²) in [6.07, 6.45) is 0. The predicted molar refractivity (Wildman–Crippen MR) is 130 cm³/mol. The van der Waals surface area contributed by atoms with E-state index >= 15 is 0 Å². The summed E-state index contributed by atoms with van der Waals surface area (Å²) in [5.41, 5.74) is 1.57. The topological polar surface area (TPSA) is 116 Å². The standard InChI is InChI=1S/C23H24N4O4S2/c1-4-31-21-12-19-18(11-20(21)30-3)23(27-14(2)26-19)25-13-16-8-9-22(32-16)15-6-5-7-17(10-15)33(24,28)29/h5-12H,4,13H2,1-3H3,(H2,24,28,29)(H,25,26,27). The quantitative estimate of drug-likeness (QED) is 0.382. The molecule has 0 amide bonds. The maximum Gasteiger partial charge on any atom is 0.238 e. The van der Waals surface area contributed by atoms with Crippen molar-refractivity contribution < 1.29 is 17.9 Å². The second kappa shape index (κ2) is 9.34. The van der Waals surface area contributed by atoms with E-state index in [1.807, 2.05) is 44.2 Å². The monoisotopic (exact) mass is 484 g/mol. The first-order chi connectivity index (χ1) is 15.8. The number of nitrogens with one attached hydrogen (secondary N) is 1. The largest absolute Gasteiger partial charge is 0.493 e. The lowest BCUT2D eigenvalue weighted by molar-refractivity contribution is 0.311. The summed E-state index contributed by atoms with van der Waals surface area (Å²) in [4.78, 5) is 11.2. The van der Waals surface area contributed by atoms with Crippen LogP contribution in [0, 0.1) is 6.92 Å². The molecule has 0 atom stereocenters. The number of aryl methyl sites for hydroxylation is 1. The fraction of sp³-hybridized carbons (Fsp3) is 0.217. The van der Waals surface area contributed by atoms with Crippen LogP contribution >= 0.6 is 11.3 Å². The van der Waals surface area contributed by atoms with Crippen LogP contribution in [0.2, 0.25) is 0 Å². The van der Waals surface area contributed by atoms with Gasteiger partial charge in [-0.15, -0.1) is 11.3 Å². The molecule has 8 nitrogen and oxygen atoms in total. The van der Waals surface area contributed by atoms with Crippen molar-refractivity contribution in [3.05, 3.63) is 59.2 Å². The van der Waals surface area contributed by atoms with Gasteiger partial charge in [0.1, 0.15) is 11.6 Å². The molecule has 172 valence electrons. The van der Waals surface area contributed by atoms with Crippen LogP contribution in [-0.4, -0.2) is 32.1 Å². The third-order valence-electron chi connectivity index (χ3n) is 4.93. The summed E-state index contributed by atoms with van der Waals surface area (Å²) >= 11 is 1.56. The van der Waals surface area contributed by atoms with E-state index in [0.717, 1.165) is 26.2 Å². The number of hydrogen-bond donors (Lipinski definition) is 2. The number of anilines is 1. The summed E-state index contributed by atoms with van der Waals surface area (Å²) in [5.74, 6) is 2.60. The van der Waals surface area contributed by atoms with E-state index < -0.39 is 10.0 Å². The zero-order valence-electron chi connectivity index (χ0n) is 18.5. The third kappa shape index (κ3) is 5.08. The van der Waals surface area contributed by atoms with E-state index in [0.29, 0.717) is 36.3 Å². The Hall–Kier alpha value is -3.21. The smallest absolute Gasteiger partial charge is 0.238 e. The van der Waals surface area contributed by atoms with Crippen LogP contribution in [0.25, 0.3) is 21.3 Å². The highest BCUT2D eigenvalue weighted by Crippen LogP contribution is 2.35. The van der Waals surface area contributed by atoms with Crippen molar-refractivity contribution >= 4 is 38.1 Å². The number of fused-ring (bicyclic) bond motifs is 1. The van der Waals surface area contributed by atoms with Crippen molar-refractivity contribution in [2.75, 3.05) is 19.0 Å². The summed E-state index contributed by atoms with van der Waals surface area (Å²) in [6.45, 7) is 4.83. The van der Waals surface area contributed by atoms with Gasteiger partial charge in [-0.1, -0.05) is 12.1 Å². The van der Waals surface area contributed by atoms with Crippen molar-refractivity contribution in [2.24, 2.45) is 5.14 Å². The van der Waals surface area contributed by atoms with Crippen LogP contribution in [0.1, 0.15) is 17.6 Å². The van der Waals surface area contributed by atoms with Crippen LogP contribution in [0.5, 0.6) is 11.5 Å². The molecule has 33 heavy (non-hydrogen) atoms. The van der Waals surface area contributed by atoms with E-state index in [1.165, 1.54) is 6.07 Å². The molecule has 2 aromatic heterocycles. The number of benzene rings is 2. The summed E-state index contributed by atoms with van der Waals surface area (Å²) in [5, 5.41) is 9.49. The Morgan fingerprint density at radius 2 is 1.91 bits per heavy atom. The minimum atomic E-state index is -3.75. The van der Waals surface area contributed by atoms with Gasteiger partial charge in [-0.25, -0.2) is 23.5 Å². The van der Waals surface area contributed by atoms with Gasteiger partial charge in [0.15, 0.2) is 11.5 Å². The number of methoxy groups -OCH3 is 1. The Bertz CT molecular complexity index is 1420. The molecular formula is C23H24N4O4S2. The van der Waals surface area contributed by atoms with Crippen molar-refractivity contribution in [3.8, 4) is 21.9 Å². The van der Waals surface area contributed by atoms with Crippen molar-refractivity contribution in [1.82, 2.24) is 9.97 Å². The maximum absolute atomic E-state index is 11.7. The van der Waals surface area contributed by atoms with Crippen molar-refractivity contribution in [2.45, 2.75) is 25.3 Å². The van der Waals surface area contributed by atoms with Crippen molar-refractivity contribution in [1.29, 1.82) is 0 Å². The van der Waals surface area contributed by atoms with Gasteiger partial charge in [-0.2, -0.15) is 0 Å². The number of hydrogen-bond acceptors (Lipinski definition) is 8. The molecule has 0 aliphatic heterocycles. The summed E-state index contributed by atoms with van der Waals surface area (Å²) in [6, 6.07) is 14.3. The van der Waals surface area contributed by atoms with Gasteiger partial charge in [-0.05, 0) is 49.7 Å². The molecule has 0 saturated heterocycles. The molecule has 10 heteroatoms. The lowest BCUT2D eigenvalue weighted by Gasteiger charge is -2.13. The van der Waals surface area contributed by atoms with Crippen LogP contribution in [0.3, 0.4) is 0 Å². The number of sulfonamides is 1. The van der Waals surface area contributed by atoms with Crippen LogP contribution in [0.4, 0.5) is 5.82 Å². The van der Waals surface area contributed by atoms with Crippen LogP contribution < -0.4 is 19.9 Å². The zero-order valence-corrected chi connectivity index (χ0v) is 20.1. The molecule has 2 heterocycles. The minimum absolute atomic E-state index is 0.0939. The maximum atomic E-state index is 11.7. The molecule has 0 bridgehead atoms. The van der Waals surface area contributed by atoms with Gasteiger partial charge in [0.05, 0.1) is 30.7 Å². The van der Waals surface area contributed by atoms with Crippen LogP contribution in [-0.2, 0) is 16.6 Å². The van der Waals surface area contributed by atoms with E-state index in [1.54, 1.807) is 30.6 Å². The van der Waals surface area contributed by atoms with Gasteiger partial charge < -0.3 is 14.8 Å². The number of primary sulfonamides is 1. The van der Waals surface area contributed by atoms with E-state index in [2.05, 4.69) is 15.3 Å². The average Bonchev–Trinajstić information content (AvgIpc) is 3.26. The van der Waals surface area contributed by atoms with Gasteiger partial charge in [0.2, 0.25) is 10.0 Å². The first-order valence-corrected chi connectivity index (χ1v) is 12.6. The first kappa shape index (κ1) is 23.0.